The molecule has 1 aliphatic carbocycles. The maximum Gasteiger partial charge on any atom is 0.499 e. The van der Waals surface area contributed by atoms with Gasteiger partial charge in [-0.15, -0.1) is 0 Å². The van der Waals surface area contributed by atoms with E-state index in [9.17, 15) is 31.5 Å². The smallest absolute Gasteiger partial charge is 0.426 e. The lowest BCUT2D eigenvalue weighted by Gasteiger charge is -2.21. The van der Waals surface area contributed by atoms with Crippen LogP contribution in [0.5, 0.6) is 5.75 Å². The normalized spacial score (nSPS) is 15.2. The van der Waals surface area contributed by atoms with Crippen LogP contribution in [-0.4, -0.2) is 34.1 Å². The third kappa shape index (κ3) is 5.64. The molecule has 0 spiro atoms. The molecule has 166 valence electrons. The van der Waals surface area contributed by atoms with Crippen molar-refractivity contribution in [3.63, 3.8) is 0 Å². The highest BCUT2D eigenvalue weighted by Gasteiger charge is 2.61. The molecule has 0 radical (unpaired) electrons. The van der Waals surface area contributed by atoms with Crippen molar-refractivity contribution >= 4 is 17.8 Å². The third-order valence-electron chi connectivity index (χ3n) is 4.35. The van der Waals surface area contributed by atoms with Gasteiger partial charge in [0.1, 0.15) is 11.4 Å². The summed E-state index contributed by atoms with van der Waals surface area (Å²) in [6, 6.07) is 5.07. The van der Waals surface area contributed by atoms with Crippen LogP contribution in [0.4, 0.5) is 27.9 Å². The molecule has 0 bridgehead atoms. The summed E-state index contributed by atoms with van der Waals surface area (Å²) < 4.78 is 67.0. The van der Waals surface area contributed by atoms with Crippen LogP contribution in [0.2, 0.25) is 0 Å². The maximum absolute atomic E-state index is 13.1. The highest BCUT2D eigenvalue weighted by Crippen LogP contribution is 2.37. The molecule has 1 heterocycles. The van der Waals surface area contributed by atoms with Crippen molar-refractivity contribution in [1.29, 1.82) is 0 Å². The predicted octanol–water partition coefficient (Wildman–Crippen LogP) is 3.85. The minimum absolute atomic E-state index is 0.0398. The van der Waals surface area contributed by atoms with Crippen LogP contribution in [-0.2, 0) is 4.79 Å². The maximum atomic E-state index is 13.1. The Hall–Kier alpha value is -3.31. The van der Waals surface area contributed by atoms with Crippen LogP contribution in [0.25, 0.3) is 0 Å². The lowest BCUT2D eigenvalue weighted by atomic mass is 10.1. The third-order valence-corrected chi connectivity index (χ3v) is 4.35. The average Bonchev–Trinajstić information content (AvgIpc) is 3.52. The number of halogens is 5. The van der Waals surface area contributed by atoms with Gasteiger partial charge >= 0.3 is 12.3 Å². The quantitative estimate of drug-likeness (QED) is 0.633. The standard InChI is InChI=1S/C19H17F5N4O3/c1-10(12-3-2-4-13(9-12)31-19(23,24)18(20,21)22)26-16(30)14-7-8-25-17(27-14)28-15(29)11-5-6-11/h2-4,7-11H,5-6H2,1H3,(H,26,30)(H,25,27,28,29)/t10-/m1/s1. The minimum Gasteiger partial charge on any atom is -0.426 e. The summed E-state index contributed by atoms with van der Waals surface area (Å²) in [6.07, 6.45) is -8.39. The number of amides is 2. The second-order valence-electron chi connectivity index (χ2n) is 6.91. The molecule has 2 aromatic rings. The molecule has 1 aliphatic rings. The highest BCUT2D eigenvalue weighted by atomic mass is 19.4. The Labute approximate surface area is 173 Å². The molecule has 1 aromatic heterocycles. The second-order valence-corrected chi connectivity index (χ2v) is 6.91. The molecule has 2 N–H and O–H groups in total. The first-order chi connectivity index (χ1) is 14.5. The van der Waals surface area contributed by atoms with E-state index in [1.54, 1.807) is 0 Å². The largest absolute Gasteiger partial charge is 0.499 e. The van der Waals surface area contributed by atoms with Crippen LogP contribution < -0.4 is 15.4 Å². The van der Waals surface area contributed by atoms with Gasteiger partial charge < -0.3 is 10.1 Å². The average molecular weight is 444 g/mol. The van der Waals surface area contributed by atoms with E-state index in [2.05, 4.69) is 25.3 Å². The van der Waals surface area contributed by atoms with Gasteiger partial charge in [-0.2, -0.15) is 22.0 Å². The molecular weight excluding hydrogens is 427 g/mol. The van der Waals surface area contributed by atoms with E-state index in [0.29, 0.717) is 0 Å². The summed E-state index contributed by atoms with van der Waals surface area (Å²) in [5.74, 6) is -1.74. The van der Waals surface area contributed by atoms with E-state index < -0.39 is 30.0 Å². The van der Waals surface area contributed by atoms with Gasteiger partial charge in [0.05, 0.1) is 6.04 Å². The van der Waals surface area contributed by atoms with Gasteiger partial charge in [-0.3, -0.25) is 14.9 Å². The zero-order valence-electron chi connectivity index (χ0n) is 16.0. The molecule has 0 saturated heterocycles. The van der Waals surface area contributed by atoms with Crippen molar-refractivity contribution in [2.24, 2.45) is 5.92 Å². The summed E-state index contributed by atoms with van der Waals surface area (Å²) in [4.78, 5) is 32.1. The fraction of sp³-hybridized carbons (Fsp3) is 0.368. The summed E-state index contributed by atoms with van der Waals surface area (Å²) in [7, 11) is 0. The fourth-order valence-electron chi connectivity index (χ4n) is 2.51. The van der Waals surface area contributed by atoms with E-state index in [4.69, 9.17) is 0 Å². The molecule has 0 aliphatic heterocycles. The number of nitrogens with zero attached hydrogens (tertiary/aromatic N) is 2. The first kappa shape index (κ1) is 22.4. The number of benzene rings is 1. The molecule has 0 unspecified atom stereocenters. The topological polar surface area (TPSA) is 93.2 Å². The molecular formula is C19H17F5N4O3. The molecule has 1 saturated carbocycles. The number of carbonyl (C=O) groups excluding carboxylic acids is 2. The Morgan fingerprint density at radius 1 is 1.16 bits per heavy atom. The van der Waals surface area contributed by atoms with E-state index in [1.807, 2.05) is 0 Å². The Kier molecular flexibility index (Phi) is 6.09. The second kappa shape index (κ2) is 8.44. The van der Waals surface area contributed by atoms with Gasteiger partial charge in [0.25, 0.3) is 5.91 Å². The lowest BCUT2D eigenvalue weighted by Crippen LogP contribution is -2.41. The minimum atomic E-state index is -5.87. The number of aromatic nitrogens is 2. The van der Waals surface area contributed by atoms with E-state index in [1.165, 1.54) is 31.3 Å². The highest BCUT2D eigenvalue weighted by molar-refractivity contribution is 5.95. The number of anilines is 1. The number of ether oxygens (including phenoxy) is 1. The van der Waals surface area contributed by atoms with Crippen molar-refractivity contribution in [2.45, 2.75) is 38.1 Å². The first-order valence-electron chi connectivity index (χ1n) is 9.14. The number of alkyl halides is 5. The number of rotatable bonds is 7. The molecule has 1 fully saturated rings. The number of hydrogen-bond acceptors (Lipinski definition) is 5. The summed E-state index contributed by atoms with van der Waals surface area (Å²) in [6.45, 7) is 1.50. The van der Waals surface area contributed by atoms with Crippen LogP contribution in [0.1, 0.15) is 41.9 Å². The van der Waals surface area contributed by atoms with Gasteiger partial charge in [0, 0.05) is 12.1 Å². The van der Waals surface area contributed by atoms with Gasteiger partial charge in [-0.05, 0) is 43.5 Å². The van der Waals surface area contributed by atoms with Crippen LogP contribution in [0.15, 0.2) is 36.5 Å². The summed E-state index contributed by atoms with van der Waals surface area (Å²) >= 11 is 0. The van der Waals surface area contributed by atoms with E-state index in [-0.39, 0.29) is 29.0 Å². The molecule has 2 amide bonds. The molecule has 1 atom stereocenters. The van der Waals surface area contributed by atoms with Gasteiger partial charge in [-0.1, -0.05) is 12.1 Å². The predicted molar refractivity (Wildman–Crippen MR) is 97.3 cm³/mol. The van der Waals surface area contributed by atoms with Crippen molar-refractivity contribution in [3.05, 3.63) is 47.8 Å². The molecule has 1 aromatic carbocycles. The van der Waals surface area contributed by atoms with E-state index in [0.717, 1.165) is 25.0 Å². The number of carbonyl (C=O) groups is 2. The van der Waals surface area contributed by atoms with Gasteiger partial charge in [0.15, 0.2) is 0 Å². The Morgan fingerprint density at radius 3 is 2.52 bits per heavy atom. The van der Waals surface area contributed by atoms with Crippen molar-refractivity contribution in [1.82, 2.24) is 15.3 Å². The van der Waals surface area contributed by atoms with Crippen LogP contribution in [0, 0.1) is 5.92 Å². The Balaban J connectivity index is 1.66. The summed E-state index contributed by atoms with van der Waals surface area (Å²) in [5.41, 5.74) is 0.157. The number of nitrogens with one attached hydrogen (secondary N) is 2. The number of hydrogen-bond donors (Lipinski definition) is 2. The SMILES string of the molecule is C[C@@H](NC(=O)c1ccnc(NC(=O)C2CC2)n1)c1cccc(OC(F)(F)C(F)(F)F)c1. The fourth-order valence-corrected chi connectivity index (χ4v) is 2.51. The molecule has 12 heteroatoms. The van der Waals surface area contributed by atoms with Crippen molar-refractivity contribution in [2.75, 3.05) is 5.32 Å². The van der Waals surface area contributed by atoms with Crippen LogP contribution in [0.3, 0.4) is 0 Å². The van der Waals surface area contributed by atoms with Crippen molar-refractivity contribution < 1.29 is 36.3 Å². The Morgan fingerprint density at radius 2 is 1.87 bits per heavy atom. The molecule has 3 rings (SSSR count). The van der Waals surface area contributed by atoms with Gasteiger partial charge in [0.2, 0.25) is 11.9 Å². The zero-order valence-corrected chi connectivity index (χ0v) is 16.0. The molecule has 7 nitrogen and oxygen atoms in total. The zero-order chi connectivity index (χ0) is 22.8. The summed E-state index contributed by atoms with van der Waals surface area (Å²) in [5, 5.41) is 5.05. The van der Waals surface area contributed by atoms with Crippen LogP contribution >= 0.6 is 0 Å². The van der Waals surface area contributed by atoms with Gasteiger partial charge in [-0.25, -0.2) is 9.97 Å². The lowest BCUT2D eigenvalue weighted by molar-refractivity contribution is -0.360. The van der Waals surface area contributed by atoms with Crippen molar-refractivity contribution in [3.8, 4) is 5.75 Å². The van der Waals surface area contributed by atoms with E-state index >= 15 is 0 Å². The molecule has 31 heavy (non-hydrogen) atoms. The monoisotopic (exact) mass is 444 g/mol. The first-order valence-corrected chi connectivity index (χ1v) is 9.14. The Bertz CT molecular complexity index is 979.